The molecule has 0 atom stereocenters. The zero-order valence-corrected chi connectivity index (χ0v) is 26.7. The summed E-state index contributed by atoms with van der Waals surface area (Å²) < 4.78 is 32.4. The first-order valence-corrected chi connectivity index (χ1v) is 17.5. The number of carbonyl (C=O) groups is 3. The third-order valence-corrected chi connectivity index (χ3v) is 9.91. The zero-order chi connectivity index (χ0) is 30.6. The fourth-order valence-corrected chi connectivity index (χ4v) is 7.20. The number of benzene rings is 1. The number of hydrogen-bond donors (Lipinski definition) is 1. The van der Waals surface area contributed by atoms with E-state index in [2.05, 4.69) is 5.32 Å². The van der Waals surface area contributed by atoms with Crippen LogP contribution in [-0.2, 0) is 14.8 Å². The summed E-state index contributed by atoms with van der Waals surface area (Å²) in [6.07, 6.45) is 13.2. The molecule has 1 fully saturated rings. The Labute approximate surface area is 252 Å². The smallest absolute Gasteiger partial charge is 0.407 e. The van der Waals surface area contributed by atoms with Crippen LogP contribution in [0.15, 0.2) is 24.3 Å². The van der Waals surface area contributed by atoms with Crippen LogP contribution < -0.4 is 5.32 Å². The van der Waals surface area contributed by atoms with E-state index < -0.39 is 16.1 Å². The van der Waals surface area contributed by atoms with Crippen LogP contribution in [0, 0.1) is 0 Å². The molecule has 3 amide bonds. The van der Waals surface area contributed by atoms with Crippen LogP contribution >= 0.6 is 0 Å². The van der Waals surface area contributed by atoms with Crippen molar-refractivity contribution in [3.8, 4) is 0 Å². The van der Waals surface area contributed by atoms with Crippen molar-refractivity contribution in [3.63, 3.8) is 0 Å². The number of amides is 3. The van der Waals surface area contributed by atoms with Crippen molar-refractivity contribution in [1.82, 2.24) is 14.5 Å². The summed E-state index contributed by atoms with van der Waals surface area (Å²) in [4.78, 5) is 38.1. The number of ether oxygens (including phenoxy) is 1. The number of nitrogens with one attached hydrogen (secondary N) is 1. The lowest BCUT2D eigenvalue weighted by Gasteiger charge is -2.31. The van der Waals surface area contributed by atoms with Gasteiger partial charge in [0.25, 0.3) is 11.8 Å². The van der Waals surface area contributed by atoms with Gasteiger partial charge < -0.3 is 10.1 Å². The molecule has 3 rings (SSSR count). The lowest BCUT2D eigenvalue weighted by Crippen LogP contribution is -2.46. The van der Waals surface area contributed by atoms with Crippen molar-refractivity contribution in [1.29, 1.82) is 0 Å². The predicted octanol–water partition coefficient (Wildman–Crippen LogP) is 6.28. The van der Waals surface area contributed by atoms with Crippen LogP contribution in [0.2, 0.25) is 0 Å². The average Bonchev–Trinajstić information content (AvgIpc) is 3.17. The molecular formula is C32H51N3O6S. The molecule has 2 aliphatic rings. The maximum absolute atomic E-state index is 12.7. The van der Waals surface area contributed by atoms with Crippen molar-refractivity contribution in [3.05, 3.63) is 35.4 Å². The molecule has 9 nitrogen and oxygen atoms in total. The van der Waals surface area contributed by atoms with Gasteiger partial charge in [-0.15, -0.1) is 0 Å². The topological polar surface area (TPSA) is 113 Å². The van der Waals surface area contributed by atoms with Gasteiger partial charge in [-0.1, -0.05) is 76.3 Å². The number of nitrogens with zero attached hydrogens (tertiary/aromatic N) is 2. The Morgan fingerprint density at radius 3 is 1.74 bits per heavy atom. The molecule has 42 heavy (non-hydrogen) atoms. The summed E-state index contributed by atoms with van der Waals surface area (Å²) in [6, 6.07) is 7.04. The number of imide groups is 1. The van der Waals surface area contributed by atoms with Gasteiger partial charge >= 0.3 is 6.09 Å². The zero-order valence-electron chi connectivity index (χ0n) is 25.9. The SMILES string of the molecule is CC(C)(C)NC(=O)OC1CCN(S(=O)(=O)CCCCCCCCCCCCCCN2C(=O)c3ccccc3C2=O)CC1. The molecule has 1 saturated heterocycles. The lowest BCUT2D eigenvalue weighted by molar-refractivity contribution is 0.0622. The molecule has 236 valence electrons. The summed E-state index contributed by atoms with van der Waals surface area (Å²) in [5, 5.41) is 2.78. The molecule has 10 heteroatoms. The molecule has 0 radical (unpaired) electrons. The Morgan fingerprint density at radius 1 is 0.810 bits per heavy atom. The fraction of sp³-hybridized carbons (Fsp3) is 0.719. The Bertz CT molecular complexity index is 1100. The summed E-state index contributed by atoms with van der Waals surface area (Å²) in [6.45, 7) is 6.98. The van der Waals surface area contributed by atoms with Gasteiger partial charge in [0.05, 0.1) is 16.9 Å². The quantitative estimate of drug-likeness (QED) is 0.165. The van der Waals surface area contributed by atoms with E-state index >= 15 is 0 Å². The second-order valence-corrected chi connectivity index (χ2v) is 14.8. The maximum atomic E-state index is 12.7. The van der Waals surface area contributed by atoms with Gasteiger partial charge in [0, 0.05) is 25.2 Å². The van der Waals surface area contributed by atoms with E-state index in [0.29, 0.717) is 50.0 Å². The highest BCUT2D eigenvalue weighted by Gasteiger charge is 2.34. The van der Waals surface area contributed by atoms with E-state index in [9.17, 15) is 22.8 Å². The molecule has 2 aliphatic heterocycles. The minimum atomic E-state index is -3.26. The van der Waals surface area contributed by atoms with Gasteiger partial charge in [0.1, 0.15) is 6.10 Å². The number of sulfonamides is 1. The first kappa shape index (κ1) is 34.0. The largest absolute Gasteiger partial charge is 0.446 e. The number of rotatable bonds is 17. The number of piperidine rings is 1. The minimum Gasteiger partial charge on any atom is -0.446 e. The highest BCUT2D eigenvalue weighted by Crippen LogP contribution is 2.23. The van der Waals surface area contributed by atoms with Crippen LogP contribution in [-0.4, -0.2) is 72.6 Å². The third-order valence-electron chi connectivity index (χ3n) is 7.96. The second-order valence-electron chi connectivity index (χ2n) is 12.7. The highest BCUT2D eigenvalue weighted by atomic mass is 32.2. The van der Waals surface area contributed by atoms with Crippen LogP contribution in [0.4, 0.5) is 4.79 Å². The molecule has 2 heterocycles. The Kier molecular flexibility index (Phi) is 13.3. The van der Waals surface area contributed by atoms with Crippen LogP contribution in [0.5, 0.6) is 0 Å². The standard InChI is InChI=1S/C32H51N3O6S/c1-32(2,3)33-31(38)41-26-20-23-34(24-21-26)42(39,40)25-17-13-11-9-7-5-4-6-8-10-12-16-22-35-29(36)27-18-14-15-19-28(27)30(35)37/h14-15,18-19,26H,4-13,16-17,20-25H2,1-3H3,(H,33,38). The van der Waals surface area contributed by atoms with E-state index in [1.165, 1.54) is 37.0 Å². The van der Waals surface area contributed by atoms with Crippen LogP contribution in [0.1, 0.15) is 131 Å². The van der Waals surface area contributed by atoms with Crippen LogP contribution in [0.25, 0.3) is 0 Å². The average molecular weight is 606 g/mol. The van der Waals surface area contributed by atoms with Gasteiger partial charge in [-0.05, 0) is 58.6 Å². The molecule has 1 N–H and O–H groups in total. The van der Waals surface area contributed by atoms with E-state index in [0.717, 1.165) is 38.5 Å². The molecule has 0 spiro atoms. The van der Waals surface area contributed by atoms with Crippen molar-refractivity contribution >= 4 is 27.9 Å². The Balaban J connectivity index is 1.12. The summed E-state index contributed by atoms with van der Waals surface area (Å²) in [5.74, 6) is -0.137. The van der Waals surface area contributed by atoms with Gasteiger partial charge in [0.15, 0.2) is 0 Å². The first-order chi connectivity index (χ1) is 20.0. The number of unbranched alkanes of at least 4 members (excludes halogenated alkanes) is 11. The summed E-state index contributed by atoms with van der Waals surface area (Å²) >= 11 is 0. The van der Waals surface area contributed by atoms with Crippen molar-refractivity contribution < 1.29 is 27.5 Å². The van der Waals surface area contributed by atoms with E-state index in [4.69, 9.17) is 4.74 Å². The number of hydrogen-bond acceptors (Lipinski definition) is 6. The number of alkyl carbamates (subject to hydrolysis) is 1. The van der Waals surface area contributed by atoms with E-state index in [-0.39, 0.29) is 29.2 Å². The van der Waals surface area contributed by atoms with Gasteiger partial charge in [-0.25, -0.2) is 17.5 Å². The third kappa shape index (κ3) is 11.0. The number of carbonyl (C=O) groups excluding carboxylic acids is 3. The van der Waals surface area contributed by atoms with Crippen molar-refractivity contribution in [2.45, 2.75) is 122 Å². The Hall–Kier alpha value is -2.46. The Morgan fingerprint density at radius 2 is 1.26 bits per heavy atom. The van der Waals surface area contributed by atoms with E-state index in [1.807, 2.05) is 20.8 Å². The van der Waals surface area contributed by atoms with Gasteiger partial charge in [-0.3, -0.25) is 14.5 Å². The van der Waals surface area contributed by atoms with Crippen molar-refractivity contribution in [2.24, 2.45) is 0 Å². The maximum Gasteiger partial charge on any atom is 0.407 e. The number of fused-ring (bicyclic) bond motifs is 1. The second kappa shape index (κ2) is 16.4. The fourth-order valence-electron chi connectivity index (χ4n) is 5.61. The normalized spacial score (nSPS) is 16.6. The van der Waals surface area contributed by atoms with Gasteiger partial charge in [0.2, 0.25) is 10.0 Å². The molecule has 0 aliphatic carbocycles. The molecular weight excluding hydrogens is 554 g/mol. The van der Waals surface area contributed by atoms with Gasteiger partial charge in [-0.2, -0.15) is 0 Å². The first-order valence-electron chi connectivity index (χ1n) is 15.9. The molecule has 0 saturated carbocycles. The highest BCUT2D eigenvalue weighted by molar-refractivity contribution is 7.89. The summed E-state index contributed by atoms with van der Waals surface area (Å²) in [7, 11) is -3.26. The molecule has 1 aromatic carbocycles. The molecule has 0 bridgehead atoms. The van der Waals surface area contributed by atoms with E-state index in [1.54, 1.807) is 28.6 Å². The minimum absolute atomic E-state index is 0.164. The summed E-state index contributed by atoms with van der Waals surface area (Å²) in [5.41, 5.74) is 0.685. The monoisotopic (exact) mass is 605 g/mol. The lowest BCUT2D eigenvalue weighted by atomic mass is 10.1. The van der Waals surface area contributed by atoms with Crippen LogP contribution in [0.3, 0.4) is 0 Å². The molecule has 0 unspecified atom stereocenters. The molecule has 0 aromatic heterocycles. The van der Waals surface area contributed by atoms with Crippen molar-refractivity contribution in [2.75, 3.05) is 25.4 Å². The molecule has 1 aromatic rings. The predicted molar refractivity (Wildman–Crippen MR) is 165 cm³/mol.